The number of rotatable bonds is 29. The van der Waals surface area contributed by atoms with Gasteiger partial charge in [0.2, 0.25) is 5.91 Å². The molecule has 2 N–H and O–H groups in total. The van der Waals surface area contributed by atoms with Crippen molar-refractivity contribution in [1.82, 2.24) is 5.32 Å². The van der Waals surface area contributed by atoms with Crippen molar-refractivity contribution in [2.24, 2.45) is 0 Å². The number of hydrogen-bond donors (Lipinski definition) is 2. The fourth-order valence-electron chi connectivity index (χ4n) is 5.47. The number of phenols is 1. The molecule has 0 radical (unpaired) electrons. The number of phenolic OH excluding ortho intramolecular Hbond substituents is 1. The fraction of sp³-hybridized carbons (Fsp3) is 0.757. The lowest BCUT2D eigenvalue weighted by Gasteiger charge is -2.05. The van der Waals surface area contributed by atoms with E-state index >= 15 is 0 Å². The third-order valence-corrected chi connectivity index (χ3v) is 8.15. The first-order valence-corrected chi connectivity index (χ1v) is 17.5. The van der Waals surface area contributed by atoms with Crippen LogP contribution in [0.3, 0.4) is 0 Å². The van der Waals surface area contributed by atoms with E-state index in [1.54, 1.807) is 36.4 Å². The number of benzene rings is 1. The Morgan fingerprint density at radius 1 is 0.550 bits per heavy atom. The van der Waals surface area contributed by atoms with E-state index in [9.17, 15) is 9.90 Å². The van der Waals surface area contributed by atoms with Crippen molar-refractivity contribution < 1.29 is 9.90 Å². The standard InChI is InChI=1S/C37H65NO2/c1-2-3-4-5-6-7-8-9-10-11-12-13-14-15-16-17-18-19-20-21-22-23-24-25-26-27-34-38-37(40)33-30-35-28-31-36(39)32-29-35/h28-33,39H,2-27,34H2,1H3,(H,38,40). The molecule has 0 aliphatic rings. The monoisotopic (exact) mass is 556 g/mol. The minimum absolute atomic E-state index is 0.0485. The summed E-state index contributed by atoms with van der Waals surface area (Å²) in [7, 11) is 0. The van der Waals surface area contributed by atoms with Gasteiger partial charge >= 0.3 is 0 Å². The van der Waals surface area contributed by atoms with Crippen LogP contribution in [0.2, 0.25) is 0 Å². The lowest BCUT2D eigenvalue weighted by Crippen LogP contribution is -2.21. The van der Waals surface area contributed by atoms with Crippen LogP contribution < -0.4 is 5.32 Å². The Balaban J connectivity index is 1.70. The maximum absolute atomic E-state index is 11.9. The zero-order valence-corrected chi connectivity index (χ0v) is 26.4. The molecule has 1 amide bonds. The van der Waals surface area contributed by atoms with Crippen LogP contribution >= 0.6 is 0 Å². The van der Waals surface area contributed by atoms with Gasteiger partial charge < -0.3 is 10.4 Å². The normalized spacial score (nSPS) is 11.4. The summed E-state index contributed by atoms with van der Waals surface area (Å²) in [5.74, 6) is 0.190. The van der Waals surface area contributed by atoms with Gasteiger partial charge in [-0.15, -0.1) is 0 Å². The molecule has 0 unspecified atom stereocenters. The van der Waals surface area contributed by atoms with Crippen molar-refractivity contribution in [2.45, 2.75) is 174 Å². The highest BCUT2D eigenvalue weighted by Crippen LogP contribution is 2.16. The summed E-state index contributed by atoms with van der Waals surface area (Å²) in [4.78, 5) is 11.9. The average Bonchev–Trinajstić information content (AvgIpc) is 2.96. The predicted octanol–water partition coefficient (Wildman–Crippen LogP) is 11.7. The molecule has 0 aromatic heterocycles. The maximum atomic E-state index is 11.9. The van der Waals surface area contributed by atoms with Gasteiger partial charge in [-0.25, -0.2) is 0 Å². The van der Waals surface area contributed by atoms with Crippen LogP contribution in [0.25, 0.3) is 6.08 Å². The van der Waals surface area contributed by atoms with Crippen LogP contribution in [0.1, 0.15) is 179 Å². The average molecular weight is 556 g/mol. The Hall–Kier alpha value is -1.77. The molecule has 0 aliphatic heterocycles. The molecule has 1 aromatic carbocycles. The first-order chi connectivity index (χ1) is 19.7. The molecule has 0 saturated carbocycles. The van der Waals surface area contributed by atoms with E-state index in [1.807, 2.05) is 0 Å². The highest BCUT2D eigenvalue weighted by atomic mass is 16.3. The maximum Gasteiger partial charge on any atom is 0.243 e. The third kappa shape index (κ3) is 25.2. The molecule has 1 aromatic rings. The van der Waals surface area contributed by atoms with Crippen LogP contribution in [0, 0.1) is 0 Å². The SMILES string of the molecule is CCCCCCCCCCCCCCCCCCCCCCCCCCCCNC(=O)C=Cc1ccc(O)cc1. The smallest absolute Gasteiger partial charge is 0.243 e. The number of amides is 1. The van der Waals surface area contributed by atoms with Gasteiger partial charge in [0.1, 0.15) is 5.75 Å². The van der Waals surface area contributed by atoms with Crippen LogP contribution in [-0.4, -0.2) is 17.6 Å². The number of nitrogens with one attached hydrogen (secondary N) is 1. The summed E-state index contributed by atoms with van der Waals surface area (Å²) in [6.45, 7) is 3.05. The van der Waals surface area contributed by atoms with Gasteiger partial charge in [-0.05, 0) is 30.2 Å². The molecular formula is C37H65NO2. The quantitative estimate of drug-likeness (QED) is 0.0762. The predicted molar refractivity (Wildman–Crippen MR) is 176 cm³/mol. The number of unbranched alkanes of at least 4 members (excludes halogenated alkanes) is 25. The number of carbonyl (C=O) groups is 1. The number of carbonyl (C=O) groups excluding carboxylic acids is 1. The van der Waals surface area contributed by atoms with E-state index in [4.69, 9.17) is 0 Å². The molecule has 0 saturated heterocycles. The summed E-state index contributed by atoms with van der Waals surface area (Å²) in [5, 5.41) is 12.2. The van der Waals surface area contributed by atoms with Crippen molar-refractivity contribution in [1.29, 1.82) is 0 Å². The highest BCUT2D eigenvalue weighted by molar-refractivity contribution is 5.91. The Morgan fingerprint density at radius 3 is 1.23 bits per heavy atom. The molecular weight excluding hydrogens is 490 g/mol. The molecule has 0 spiro atoms. The van der Waals surface area contributed by atoms with Crippen LogP contribution in [0.15, 0.2) is 30.3 Å². The number of aromatic hydroxyl groups is 1. The van der Waals surface area contributed by atoms with Gasteiger partial charge in [0.05, 0.1) is 0 Å². The summed E-state index contributed by atoms with van der Waals surface area (Å²) in [5.41, 5.74) is 0.910. The Bertz CT molecular complexity index is 697. The summed E-state index contributed by atoms with van der Waals surface area (Å²) < 4.78 is 0. The lowest BCUT2D eigenvalue weighted by atomic mass is 10.0. The van der Waals surface area contributed by atoms with Crippen molar-refractivity contribution in [3.8, 4) is 5.75 Å². The molecule has 3 heteroatoms. The van der Waals surface area contributed by atoms with Gasteiger partial charge in [0.15, 0.2) is 0 Å². The minimum atomic E-state index is -0.0485. The van der Waals surface area contributed by atoms with Crippen molar-refractivity contribution in [2.75, 3.05) is 6.54 Å². The third-order valence-electron chi connectivity index (χ3n) is 8.15. The molecule has 40 heavy (non-hydrogen) atoms. The van der Waals surface area contributed by atoms with Crippen LogP contribution in [-0.2, 0) is 4.79 Å². The zero-order chi connectivity index (χ0) is 28.8. The zero-order valence-electron chi connectivity index (χ0n) is 26.4. The van der Waals surface area contributed by atoms with Crippen molar-refractivity contribution in [3.63, 3.8) is 0 Å². The second kappa shape index (κ2) is 28.7. The molecule has 0 bridgehead atoms. The lowest BCUT2D eigenvalue weighted by molar-refractivity contribution is -0.116. The summed E-state index contributed by atoms with van der Waals surface area (Å²) >= 11 is 0. The Kier molecular flexibility index (Phi) is 26.1. The molecule has 230 valence electrons. The first-order valence-electron chi connectivity index (χ1n) is 17.5. The largest absolute Gasteiger partial charge is 0.508 e. The van der Waals surface area contributed by atoms with Gasteiger partial charge in [-0.3, -0.25) is 4.79 Å². The summed E-state index contributed by atoms with van der Waals surface area (Å²) in [6, 6.07) is 6.84. The number of hydrogen-bond acceptors (Lipinski definition) is 2. The fourth-order valence-corrected chi connectivity index (χ4v) is 5.47. The van der Waals surface area contributed by atoms with Crippen molar-refractivity contribution in [3.05, 3.63) is 35.9 Å². The molecule has 0 heterocycles. The van der Waals surface area contributed by atoms with Gasteiger partial charge in [-0.2, -0.15) is 0 Å². The van der Waals surface area contributed by atoms with E-state index in [2.05, 4.69) is 12.2 Å². The van der Waals surface area contributed by atoms with Crippen LogP contribution in [0.4, 0.5) is 0 Å². The van der Waals surface area contributed by atoms with E-state index in [0.717, 1.165) is 18.5 Å². The van der Waals surface area contributed by atoms with Gasteiger partial charge in [0, 0.05) is 12.6 Å². The molecule has 0 atom stereocenters. The molecule has 0 fully saturated rings. The Labute approximate surface area is 249 Å². The molecule has 3 nitrogen and oxygen atoms in total. The highest BCUT2D eigenvalue weighted by Gasteiger charge is 1.98. The van der Waals surface area contributed by atoms with E-state index in [1.165, 1.54) is 161 Å². The van der Waals surface area contributed by atoms with Crippen molar-refractivity contribution >= 4 is 12.0 Å². The van der Waals surface area contributed by atoms with Gasteiger partial charge in [-0.1, -0.05) is 180 Å². The second-order valence-electron chi connectivity index (χ2n) is 12.1. The van der Waals surface area contributed by atoms with E-state index in [-0.39, 0.29) is 11.7 Å². The first kappa shape index (κ1) is 36.3. The molecule has 1 rings (SSSR count). The topological polar surface area (TPSA) is 49.3 Å². The Morgan fingerprint density at radius 2 is 0.875 bits per heavy atom. The van der Waals surface area contributed by atoms with E-state index < -0.39 is 0 Å². The van der Waals surface area contributed by atoms with Crippen LogP contribution in [0.5, 0.6) is 5.75 Å². The second-order valence-corrected chi connectivity index (χ2v) is 12.1. The van der Waals surface area contributed by atoms with Gasteiger partial charge in [0.25, 0.3) is 0 Å². The summed E-state index contributed by atoms with van der Waals surface area (Å²) in [6.07, 6.45) is 39.9. The minimum Gasteiger partial charge on any atom is -0.508 e. The molecule has 0 aliphatic carbocycles. The van der Waals surface area contributed by atoms with E-state index in [0.29, 0.717) is 0 Å².